The fourth-order valence-electron chi connectivity index (χ4n) is 13.3. The van der Waals surface area contributed by atoms with Crippen molar-refractivity contribution in [1.82, 2.24) is 20.0 Å². The first-order valence-corrected chi connectivity index (χ1v) is 38.3. The van der Waals surface area contributed by atoms with Crippen LogP contribution in [0.5, 0.6) is 0 Å². The minimum atomic E-state index is -1.79. The third-order valence-electron chi connectivity index (χ3n) is 18.9. The lowest BCUT2D eigenvalue weighted by Crippen LogP contribution is -2.55. The number of carbonyl (C=O) groups excluding carboxylic acids is 1. The van der Waals surface area contributed by atoms with Crippen molar-refractivity contribution < 1.29 is 30.0 Å². The van der Waals surface area contributed by atoms with Gasteiger partial charge in [0.25, 0.3) is 5.91 Å². The lowest BCUT2D eigenvalue weighted by atomic mass is 9.93. The number of nitrogens with zero attached hydrogens (tertiary/aromatic N) is 6. The van der Waals surface area contributed by atoms with Crippen LogP contribution in [0.15, 0.2) is 218 Å². The van der Waals surface area contributed by atoms with Crippen molar-refractivity contribution in [2.75, 3.05) is 86.7 Å². The number of carboxylic acid groups (broad SMARTS) is 1. The van der Waals surface area contributed by atoms with Crippen molar-refractivity contribution in [2.45, 2.75) is 110 Å². The van der Waals surface area contributed by atoms with E-state index in [0.29, 0.717) is 89.6 Å². The molecular weight excluding hydrogens is 1530 g/mol. The number of carboxylic acids is 1. The molecule has 0 bridgehead atoms. The molecular formula is C84H96BCl9N7O6. The van der Waals surface area contributed by atoms with E-state index >= 15 is 0 Å². The second-order valence-electron chi connectivity index (χ2n) is 27.1. The molecule has 3 saturated heterocycles. The Morgan fingerprint density at radius 3 is 1.17 bits per heavy atom. The number of β-amino-alcohol motifs (C(OH)–C–C–N with tert-alkyl or cyclic N) is 1. The standard InChI is InChI=1S/C25H23Cl3N2O2.C25H25Cl3N2O.C16H15Cl3N2.C9H10O3.C8H19N.CH4.B/c1-25(32,18-5-3-2-4-6-18)24(31)29-13-14-30(22-12-11-20(27)15-21(22)28)23(16-29)17-7-9-19(26)10-8-17;1-25(31,19-5-3-2-4-6-19)17-29-13-14-30(23-12-11-21(27)15-22(23)28)24(16-29)18-7-9-20(26)10-8-18;17-12-3-1-11(2-4-12)16-10-20-7-8-21(16)15-6-5-13(18)9-14(15)19;1-9(12,8(10)11)7-5-3-2-4-6-7;1-6-9(7(2)3)8(4)5;;/h2-12,15,23,32H,13-14,16H2,1H3;2-12,15,24,31H,13-14,16-17H2,1H3;1-6,9,16,20H,7-8,10H2;2-6,12H,1H3,(H,10,11);7-8H,6H2,1-5H3;1H4;/t23-,25-;24-,25+;16-;9-;;;/m0000.../s1. The third-order valence-corrected chi connectivity index (χ3v) is 21.3. The number of hydrogen-bond donors (Lipinski definition) is 5. The van der Waals surface area contributed by atoms with Crippen LogP contribution < -0.4 is 20.0 Å². The molecule has 13 nitrogen and oxygen atoms in total. The first-order valence-electron chi connectivity index (χ1n) is 34.9. The highest BCUT2D eigenvalue weighted by molar-refractivity contribution is 6.38. The van der Waals surface area contributed by atoms with Crippen LogP contribution in [0.2, 0.25) is 45.2 Å². The van der Waals surface area contributed by atoms with Gasteiger partial charge in [0.05, 0.1) is 55.9 Å². The van der Waals surface area contributed by atoms with Crippen molar-refractivity contribution in [2.24, 2.45) is 0 Å². The Hall–Kier alpha value is -6.25. The van der Waals surface area contributed by atoms with Gasteiger partial charge in [0.2, 0.25) is 0 Å². The Morgan fingerprint density at radius 2 is 0.804 bits per heavy atom. The van der Waals surface area contributed by atoms with Crippen LogP contribution in [0, 0.1) is 0 Å². The molecule has 0 aromatic heterocycles. The summed E-state index contributed by atoms with van der Waals surface area (Å²) in [5.74, 6) is -1.57. The number of rotatable bonds is 16. The summed E-state index contributed by atoms with van der Waals surface area (Å²) in [6, 6.07) is 68.8. The number of aliphatic hydroxyl groups is 3. The molecule has 3 aliphatic heterocycles. The summed E-state index contributed by atoms with van der Waals surface area (Å²) >= 11 is 55.9. The maximum Gasteiger partial charge on any atom is 0.340 e. The van der Waals surface area contributed by atoms with E-state index in [1.807, 2.05) is 134 Å². The largest absolute Gasteiger partial charge is 0.479 e. The first-order chi connectivity index (χ1) is 49.9. The van der Waals surface area contributed by atoms with Gasteiger partial charge in [0.1, 0.15) is 0 Å². The second-order valence-corrected chi connectivity index (χ2v) is 30.9. The molecule has 23 heteroatoms. The van der Waals surface area contributed by atoms with Gasteiger partial charge in [-0.2, -0.15) is 0 Å². The molecule has 9 aromatic carbocycles. The minimum Gasteiger partial charge on any atom is -0.479 e. The SMILES string of the molecule is C.CCN(C(C)C)C(C)C.C[C@@](O)(C(=O)N1CCN(c2ccc(Cl)cc2Cl)[C@H](c2ccc(Cl)cc2)C1)c1ccccc1.C[C@@](O)(C(=O)O)c1ccccc1.C[C@@](O)(CN1CCN(c2ccc(Cl)cc2Cl)[C@H](c2ccc(Cl)cc2)C1)c1ccccc1.Clc1ccc([C@@H]2CNCCN2c2ccc(Cl)cc2Cl)cc1.[B]. The molecule has 3 fully saturated rings. The van der Waals surface area contributed by atoms with Crippen molar-refractivity contribution in [3.63, 3.8) is 0 Å². The summed E-state index contributed by atoms with van der Waals surface area (Å²) in [6.45, 7) is 24.0. The van der Waals surface area contributed by atoms with Crippen molar-refractivity contribution in [3.8, 4) is 0 Å². The van der Waals surface area contributed by atoms with Gasteiger partial charge < -0.3 is 45.3 Å². The molecule has 5 N–H and O–H groups in total. The smallest absolute Gasteiger partial charge is 0.340 e. The predicted molar refractivity (Wildman–Crippen MR) is 451 cm³/mol. The molecule has 9 aromatic rings. The number of nitrogens with one attached hydrogen (secondary N) is 1. The summed E-state index contributed by atoms with van der Waals surface area (Å²) in [4.78, 5) is 37.3. The Balaban J connectivity index is 0.000000222. The van der Waals surface area contributed by atoms with E-state index in [2.05, 4.69) is 88.7 Å². The van der Waals surface area contributed by atoms with E-state index < -0.39 is 22.8 Å². The number of carbonyl (C=O) groups is 2. The van der Waals surface area contributed by atoms with Crippen LogP contribution in [0.25, 0.3) is 0 Å². The van der Waals surface area contributed by atoms with Gasteiger partial charge in [-0.3, -0.25) is 14.6 Å². The Labute approximate surface area is 680 Å². The van der Waals surface area contributed by atoms with Gasteiger partial charge in [-0.05, 0) is 179 Å². The molecule has 6 atom stereocenters. The maximum absolute atomic E-state index is 13.4. The lowest BCUT2D eigenvalue weighted by molar-refractivity contribution is -0.157. The molecule has 12 rings (SSSR count). The van der Waals surface area contributed by atoms with E-state index in [1.54, 1.807) is 78.6 Å². The molecule has 0 saturated carbocycles. The van der Waals surface area contributed by atoms with E-state index in [9.17, 15) is 24.9 Å². The van der Waals surface area contributed by atoms with Gasteiger partial charge in [-0.25, -0.2) is 4.79 Å². The normalized spacial score (nSPS) is 17.5. The van der Waals surface area contributed by atoms with Crippen LogP contribution in [-0.2, 0) is 26.4 Å². The van der Waals surface area contributed by atoms with Crippen LogP contribution in [0.1, 0.15) is 114 Å². The van der Waals surface area contributed by atoms with Gasteiger partial charge in [0.15, 0.2) is 11.2 Å². The maximum atomic E-state index is 13.4. The number of anilines is 3. The first kappa shape index (κ1) is 89.6. The quantitative estimate of drug-likeness (QED) is 0.0587. The van der Waals surface area contributed by atoms with E-state index in [0.717, 1.165) is 84.6 Å². The summed E-state index contributed by atoms with van der Waals surface area (Å²) in [5, 5.41) is 49.6. The molecule has 3 radical (unpaired) electrons. The highest BCUT2D eigenvalue weighted by Gasteiger charge is 2.41. The third kappa shape index (κ3) is 24.6. The second kappa shape index (κ2) is 41.7. The van der Waals surface area contributed by atoms with Crippen LogP contribution in [0.4, 0.5) is 17.1 Å². The summed E-state index contributed by atoms with van der Waals surface area (Å²) in [5.41, 5.74) is 3.71. The van der Waals surface area contributed by atoms with E-state index in [1.165, 1.54) is 12.5 Å². The molecule has 3 aliphatic rings. The van der Waals surface area contributed by atoms with Crippen LogP contribution in [0.3, 0.4) is 0 Å². The highest BCUT2D eigenvalue weighted by atomic mass is 35.5. The minimum absolute atomic E-state index is 0. The van der Waals surface area contributed by atoms with Crippen molar-refractivity contribution >= 4 is 142 Å². The van der Waals surface area contributed by atoms with E-state index in [4.69, 9.17) is 110 Å². The van der Waals surface area contributed by atoms with Crippen molar-refractivity contribution in [3.05, 3.63) is 297 Å². The summed E-state index contributed by atoms with van der Waals surface area (Å²) < 4.78 is 0. The van der Waals surface area contributed by atoms with E-state index in [-0.39, 0.29) is 39.9 Å². The molecule has 569 valence electrons. The average molecular weight is 1630 g/mol. The zero-order valence-electron chi connectivity index (χ0n) is 60.7. The Kier molecular flexibility index (Phi) is 34.9. The zero-order valence-corrected chi connectivity index (χ0v) is 67.5. The number of amides is 1. The van der Waals surface area contributed by atoms with Gasteiger partial charge in [0, 0.05) is 116 Å². The Morgan fingerprint density at radius 1 is 0.458 bits per heavy atom. The monoisotopic (exact) mass is 1620 g/mol. The summed E-state index contributed by atoms with van der Waals surface area (Å²) in [6.07, 6.45) is 0. The molecule has 1 amide bonds. The van der Waals surface area contributed by atoms with Gasteiger partial charge in [-0.15, -0.1) is 0 Å². The van der Waals surface area contributed by atoms with Gasteiger partial charge >= 0.3 is 5.97 Å². The zero-order chi connectivity index (χ0) is 76.3. The molecule has 0 spiro atoms. The van der Waals surface area contributed by atoms with Crippen LogP contribution in [-0.4, -0.2) is 139 Å². The van der Waals surface area contributed by atoms with Crippen molar-refractivity contribution in [1.29, 1.82) is 0 Å². The molecule has 0 aliphatic carbocycles. The number of hydrogen-bond acceptors (Lipinski definition) is 11. The topological polar surface area (TPSA) is 147 Å². The van der Waals surface area contributed by atoms with Crippen LogP contribution >= 0.6 is 104 Å². The molecule has 3 heterocycles. The Bertz CT molecular complexity index is 4220. The highest BCUT2D eigenvalue weighted by Crippen LogP contribution is 2.41. The van der Waals surface area contributed by atoms with Gasteiger partial charge in [-0.1, -0.05) is 246 Å². The predicted octanol–water partition coefficient (Wildman–Crippen LogP) is 20.5. The number of piperazine rings is 3. The lowest BCUT2D eigenvalue weighted by Gasteiger charge is -2.45. The number of halogens is 9. The number of aliphatic carboxylic acids is 1. The fraction of sp³-hybridized carbons (Fsp3) is 0.333. The number of benzene rings is 9. The summed E-state index contributed by atoms with van der Waals surface area (Å²) in [7, 11) is 0. The molecule has 107 heavy (non-hydrogen) atoms. The average Bonchev–Trinajstić information content (AvgIpc) is 0.784. The molecule has 0 unspecified atom stereocenters. The fourth-order valence-corrected chi connectivity index (χ4v) is 15.2.